The van der Waals surface area contributed by atoms with E-state index in [1.165, 1.54) is 0 Å². The molecular weight excluding hydrogens is 192 g/mol. The number of primary amides is 1. The minimum Gasteiger partial charge on any atom is -0.366 e. The fourth-order valence-corrected chi connectivity index (χ4v) is 0.549. The number of likely N-dealkylation sites (N-methyl/N-ethyl adjacent to an activating group) is 1. The number of allylic oxidation sites excluding steroid dienone is 1. The van der Waals surface area contributed by atoms with E-state index in [0.29, 0.717) is 0 Å². The molecule has 4 heteroatoms. The first kappa shape index (κ1) is 15.9. The number of nitrogens with zero attached hydrogens (tertiary/aromatic N) is 1. The van der Waals surface area contributed by atoms with Gasteiger partial charge in [-0.1, -0.05) is 12.2 Å². The lowest BCUT2D eigenvalue weighted by Gasteiger charge is -2.10. The predicted octanol–water partition coefficient (Wildman–Crippen LogP) is 1.09. The molecule has 0 saturated heterocycles. The molecule has 0 rings (SSSR count). The molecular formula is C11H20N2O2. The Morgan fingerprint density at radius 2 is 1.53 bits per heavy atom. The molecule has 0 aromatic heterocycles. The quantitative estimate of drug-likeness (QED) is 0.696. The number of carbonyl (C=O) groups is 2. The van der Waals surface area contributed by atoms with Crippen LogP contribution in [0.25, 0.3) is 0 Å². The number of nitrogens with two attached hydrogens (primary N) is 1. The van der Waals surface area contributed by atoms with E-state index in [-0.39, 0.29) is 5.91 Å². The lowest BCUT2D eigenvalue weighted by molar-refractivity contribution is -0.124. The molecule has 0 aliphatic rings. The molecule has 0 bridgehead atoms. The maximum absolute atomic E-state index is 11.2. The highest BCUT2D eigenvalue weighted by Gasteiger charge is 2.06. The second-order valence-corrected chi connectivity index (χ2v) is 3.43. The Labute approximate surface area is 91.4 Å². The molecule has 0 aliphatic heterocycles. The predicted molar refractivity (Wildman–Crippen MR) is 62.1 cm³/mol. The molecule has 86 valence electrons. The molecule has 0 atom stereocenters. The zero-order chi connectivity index (χ0) is 12.6. The first-order valence-electron chi connectivity index (χ1n) is 4.51. The summed E-state index contributed by atoms with van der Waals surface area (Å²) in [5, 5.41) is 0. The third kappa shape index (κ3) is 8.74. The fraction of sp³-hybridized carbons (Fsp3) is 0.455. The molecule has 2 amide bonds. The summed E-state index contributed by atoms with van der Waals surface area (Å²) >= 11 is 0. The second kappa shape index (κ2) is 7.79. The Balaban J connectivity index is 0. The smallest absolute Gasteiger partial charge is 0.248 e. The van der Waals surface area contributed by atoms with Crippen molar-refractivity contribution in [1.29, 1.82) is 0 Å². The van der Waals surface area contributed by atoms with Crippen molar-refractivity contribution in [1.82, 2.24) is 4.90 Å². The zero-order valence-corrected chi connectivity index (χ0v) is 10.1. The topological polar surface area (TPSA) is 63.4 Å². The molecule has 0 saturated carbocycles. The molecule has 0 heterocycles. The van der Waals surface area contributed by atoms with Crippen LogP contribution in [0.1, 0.15) is 20.8 Å². The number of hydrogen-bond donors (Lipinski definition) is 1. The van der Waals surface area contributed by atoms with Crippen LogP contribution < -0.4 is 5.73 Å². The van der Waals surface area contributed by atoms with Crippen molar-refractivity contribution in [3.8, 4) is 0 Å². The van der Waals surface area contributed by atoms with E-state index in [2.05, 4.69) is 12.3 Å². The number of rotatable bonds is 2. The standard InChI is InChI=1S/C8H15NO.C3H5NO/c1-6(2)7(3)8(10)9(4)5;1-2-3(4)5/h1-5H3;2H,1H2,(H2,4,5). The highest BCUT2D eigenvalue weighted by Crippen LogP contribution is 2.03. The van der Waals surface area contributed by atoms with E-state index in [1.54, 1.807) is 19.0 Å². The summed E-state index contributed by atoms with van der Waals surface area (Å²) in [6.07, 6.45) is 1.06. The molecule has 0 spiro atoms. The van der Waals surface area contributed by atoms with Gasteiger partial charge in [-0.2, -0.15) is 0 Å². The van der Waals surface area contributed by atoms with Gasteiger partial charge in [-0.05, 0) is 26.8 Å². The van der Waals surface area contributed by atoms with Gasteiger partial charge in [0.15, 0.2) is 0 Å². The number of amides is 2. The summed E-state index contributed by atoms with van der Waals surface area (Å²) < 4.78 is 0. The highest BCUT2D eigenvalue weighted by molar-refractivity contribution is 5.93. The molecule has 4 nitrogen and oxygen atoms in total. The fourth-order valence-electron chi connectivity index (χ4n) is 0.549. The van der Waals surface area contributed by atoms with E-state index in [1.807, 2.05) is 20.8 Å². The third-order valence-corrected chi connectivity index (χ3v) is 1.68. The molecule has 15 heavy (non-hydrogen) atoms. The Bertz CT molecular complexity index is 274. The molecule has 0 aromatic carbocycles. The highest BCUT2D eigenvalue weighted by atomic mass is 16.2. The van der Waals surface area contributed by atoms with Crippen molar-refractivity contribution in [2.75, 3.05) is 14.1 Å². The van der Waals surface area contributed by atoms with E-state index in [9.17, 15) is 9.59 Å². The summed E-state index contributed by atoms with van der Waals surface area (Å²) in [4.78, 5) is 22.2. The number of hydrogen-bond acceptors (Lipinski definition) is 2. The second-order valence-electron chi connectivity index (χ2n) is 3.43. The van der Waals surface area contributed by atoms with Crippen molar-refractivity contribution < 1.29 is 9.59 Å². The summed E-state index contributed by atoms with van der Waals surface area (Å²) in [6.45, 7) is 8.81. The van der Waals surface area contributed by atoms with Gasteiger partial charge in [0, 0.05) is 19.7 Å². The Kier molecular flexibility index (Phi) is 8.24. The van der Waals surface area contributed by atoms with Crippen LogP contribution in [-0.4, -0.2) is 30.8 Å². The van der Waals surface area contributed by atoms with Gasteiger partial charge in [-0.3, -0.25) is 9.59 Å². The van der Waals surface area contributed by atoms with Gasteiger partial charge in [0.2, 0.25) is 11.8 Å². The van der Waals surface area contributed by atoms with Gasteiger partial charge in [-0.15, -0.1) is 0 Å². The molecule has 0 unspecified atom stereocenters. The Hall–Kier alpha value is -1.58. The van der Waals surface area contributed by atoms with E-state index < -0.39 is 5.91 Å². The lowest BCUT2D eigenvalue weighted by atomic mass is 10.1. The zero-order valence-electron chi connectivity index (χ0n) is 10.1. The molecule has 2 N–H and O–H groups in total. The van der Waals surface area contributed by atoms with Gasteiger partial charge in [0.25, 0.3) is 0 Å². The largest absolute Gasteiger partial charge is 0.366 e. The minimum atomic E-state index is -0.481. The van der Waals surface area contributed by atoms with E-state index in [4.69, 9.17) is 0 Å². The molecule has 0 radical (unpaired) electrons. The Morgan fingerprint density at radius 1 is 1.20 bits per heavy atom. The summed E-state index contributed by atoms with van der Waals surface area (Å²) in [7, 11) is 3.52. The Morgan fingerprint density at radius 3 is 1.60 bits per heavy atom. The summed E-state index contributed by atoms with van der Waals surface area (Å²) in [5.74, 6) is -0.384. The normalized spacial score (nSPS) is 8.07. The first-order valence-corrected chi connectivity index (χ1v) is 4.51. The van der Waals surface area contributed by atoms with Crippen LogP contribution in [-0.2, 0) is 9.59 Å². The lowest BCUT2D eigenvalue weighted by Crippen LogP contribution is -2.22. The minimum absolute atomic E-state index is 0.0972. The molecule has 0 aromatic rings. The van der Waals surface area contributed by atoms with Crippen molar-refractivity contribution in [3.05, 3.63) is 23.8 Å². The maximum atomic E-state index is 11.2. The average Bonchev–Trinajstić information content (AvgIpc) is 2.16. The van der Waals surface area contributed by atoms with Crippen molar-refractivity contribution in [2.45, 2.75) is 20.8 Å². The van der Waals surface area contributed by atoms with Crippen LogP contribution in [0, 0.1) is 0 Å². The number of carbonyl (C=O) groups excluding carboxylic acids is 2. The van der Waals surface area contributed by atoms with Crippen molar-refractivity contribution in [3.63, 3.8) is 0 Å². The van der Waals surface area contributed by atoms with Gasteiger partial charge >= 0.3 is 0 Å². The van der Waals surface area contributed by atoms with Crippen LogP contribution in [0.3, 0.4) is 0 Å². The van der Waals surface area contributed by atoms with Gasteiger partial charge in [-0.25, -0.2) is 0 Å². The van der Waals surface area contributed by atoms with E-state index in [0.717, 1.165) is 17.2 Å². The van der Waals surface area contributed by atoms with Gasteiger partial charge in [0.05, 0.1) is 0 Å². The van der Waals surface area contributed by atoms with Gasteiger partial charge in [0.1, 0.15) is 0 Å². The average molecular weight is 212 g/mol. The summed E-state index contributed by atoms with van der Waals surface area (Å²) in [6, 6.07) is 0. The maximum Gasteiger partial charge on any atom is 0.248 e. The molecule has 0 fully saturated rings. The third-order valence-electron chi connectivity index (χ3n) is 1.68. The summed E-state index contributed by atoms with van der Waals surface area (Å²) in [5.41, 5.74) is 6.45. The van der Waals surface area contributed by atoms with Crippen molar-refractivity contribution >= 4 is 11.8 Å². The monoisotopic (exact) mass is 212 g/mol. The van der Waals surface area contributed by atoms with Gasteiger partial charge < -0.3 is 10.6 Å². The van der Waals surface area contributed by atoms with Crippen LogP contribution in [0.15, 0.2) is 23.8 Å². The van der Waals surface area contributed by atoms with E-state index >= 15 is 0 Å². The van der Waals surface area contributed by atoms with Crippen LogP contribution in [0.5, 0.6) is 0 Å². The molecule has 0 aliphatic carbocycles. The van der Waals surface area contributed by atoms with Crippen LogP contribution in [0.2, 0.25) is 0 Å². The van der Waals surface area contributed by atoms with Crippen LogP contribution >= 0.6 is 0 Å². The first-order chi connectivity index (χ1) is 6.73. The van der Waals surface area contributed by atoms with Crippen LogP contribution in [0.4, 0.5) is 0 Å². The van der Waals surface area contributed by atoms with Crippen molar-refractivity contribution in [2.24, 2.45) is 5.73 Å². The SMILES string of the molecule is C=CC(N)=O.CC(C)=C(C)C(=O)N(C)C.